The lowest BCUT2D eigenvalue weighted by Crippen LogP contribution is -1.89. The van der Waals surface area contributed by atoms with Crippen molar-refractivity contribution in [3.05, 3.63) is 32.6 Å². The third-order valence-electron chi connectivity index (χ3n) is 2.00. The maximum Gasteiger partial charge on any atom is 0.127 e. The highest BCUT2D eigenvalue weighted by molar-refractivity contribution is 14.1. The number of ether oxygens (including phenoxy) is 1. The van der Waals surface area contributed by atoms with Gasteiger partial charge < -0.3 is 4.74 Å². The second-order valence-corrected chi connectivity index (χ2v) is 4.81. The Balaban J connectivity index is 2.92. The van der Waals surface area contributed by atoms with Crippen LogP contribution in [0, 0.1) is 3.57 Å². The summed E-state index contributed by atoms with van der Waals surface area (Å²) in [6, 6.07) is 3.92. The molecule has 0 unspecified atom stereocenters. The summed E-state index contributed by atoms with van der Waals surface area (Å²) >= 11 is 5.76. The average Bonchev–Trinajstić information content (AvgIpc) is 2.20. The molecule has 0 aliphatic carbocycles. The molecule has 0 spiro atoms. The quantitative estimate of drug-likeness (QED) is 0.722. The SMILES string of the molecule is COc1ccc(Br)c2cncc(I)c12. The topological polar surface area (TPSA) is 22.1 Å². The van der Waals surface area contributed by atoms with Crippen LogP contribution in [0.5, 0.6) is 5.75 Å². The molecule has 0 bridgehead atoms. The number of hydrogen-bond acceptors (Lipinski definition) is 2. The summed E-state index contributed by atoms with van der Waals surface area (Å²) in [5.41, 5.74) is 0. The van der Waals surface area contributed by atoms with E-state index in [0.29, 0.717) is 0 Å². The van der Waals surface area contributed by atoms with Gasteiger partial charge in [0.15, 0.2) is 0 Å². The number of rotatable bonds is 1. The molecule has 0 aliphatic heterocycles. The molecular weight excluding hydrogens is 357 g/mol. The van der Waals surface area contributed by atoms with Gasteiger partial charge in [-0.3, -0.25) is 4.98 Å². The third kappa shape index (κ3) is 1.61. The van der Waals surface area contributed by atoms with Gasteiger partial charge in [-0.1, -0.05) is 15.9 Å². The maximum absolute atomic E-state index is 5.31. The first-order valence-electron chi connectivity index (χ1n) is 3.99. The van der Waals surface area contributed by atoms with E-state index in [0.717, 1.165) is 24.6 Å². The molecule has 0 N–H and O–H groups in total. The summed E-state index contributed by atoms with van der Waals surface area (Å²) < 4.78 is 7.45. The Kier molecular flexibility index (Phi) is 2.92. The summed E-state index contributed by atoms with van der Waals surface area (Å²) in [5, 5.41) is 2.19. The van der Waals surface area contributed by atoms with Crippen molar-refractivity contribution in [2.75, 3.05) is 7.11 Å². The minimum absolute atomic E-state index is 0.884. The van der Waals surface area contributed by atoms with Crippen LogP contribution in [0.4, 0.5) is 0 Å². The van der Waals surface area contributed by atoms with Crippen molar-refractivity contribution in [2.24, 2.45) is 0 Å². The molecule has 2 nitrogen and oxygen atoms in total. The van der Waals surface area contributed by atoms with E-state index in [-0.39, 0.29) is 0 Å². The number of halogens is 2. The van der Waals surface area contributed by atoms with Crippen LogP contribution in [0.3, 0.4) is 0 Å². The first-order valence-corrected chi connectivity index (χ1v) is 5.87. The zero-order valence-electron chi connectivity index (χ0n) is 7.42. The number of methoxy groups -OCH3 is 1. The Morgan fingerprint density at radius 2 is 2.14 bits per heavy atom. The summed E-state index contributed by atoms with van der Waals surface area (Å²) in [6.07, 6.45) is 3.67. The van der Waals surface area contributed by atoms with Gasteiger partial charge in [0.25, 0.3) is 0 Å². The Hall–Kier alpha value is -0.360. The summed E-state index contributed by atoms with van der Waals surface area (Å²) in [7, 11) is 1.68. The van der Waals surface area contributed by atoms with Crippen LogP contribution in [-0.4, -0.2) is 12.1 Å². The minimum atomic E-state index is 0.884. The molecule has 0 saturated heterocycles. The fourth-order valence-electron chi connectivity index (χ4n) is 1.36. The smallest absolute Gasteiger partial charge is 0.127 e. The molecule has 0 saturated carbocycles. The molecule has 1 heterocycles. The largest absolute Gasteiger partial charge is 0.496 e. The van der Waals surface area contributed by atoms with Gasteiger partial charge in [-0.15, -0.1) is 0 Å². The molecule has 4 heteroatoms. The number of hydrogen-bond donors (Lipinski definition) is 0. The molecule has 0 fully saturated rings. The summed E-state index contributed by atoms with van der Waals surface area (Å²) in [6.45, 7) is 0. The van der Waals surface area contributed by atoms with E-state index >= 15 is 0 Å². The highest BCUT2D eigenvalue weighted by atomic mass is 127. The van der Waals surface area contributed by atoms with Gasteiger partial charge >= 0.3 is 0 Å². The predicted molar refractivity (Wildman–Crippen MR) is 68.7 cm³/mol. The van der Waals surface area contributed by atoms with Gasteiger partial charge in [-0.2, -0.15) is 0 Å². The van der Waals surface area contributed by atoms with Gasteiger partial charge in [-0.25, -0.2) is 0 Å². The zero-order valence-corrected chi connectivity index (χ0v) is 11.2. The Labute approximate surface area is 104 Å². The number of nitrogens with zero attached hydrogens (tertiary/aromatic N) is 1. The number of fused-ring (bicyclic) bond motifs is 1. The van der Waals surface area contributed by atoms with Crippen LogP contribution in [0.25, 0.3) is 10.8 Å². The second kappa shape index (κ2) is 4.02. The maximum atomic E-state index is 5.31. The predicted octanol–water partition coefficient (Wildman–Crippen LogP) is 3.61. The normalized spacial score (nSPS) is 10.5. The fraction of sp³-hybridized carbons (Fsp3) is 0.100. The molecule has 14 heavy (non-hydrogen) atoms. The van der Waals surface area contributed by atoms with Crippen molar-refractivity contribution >= 4 is 49.3 Å². The van der Waals surface area contributed by atoms with E-state index in [4.69, 9.17) is 4.74 Å². The first kappa shape index (κ1) is 10.2. The van der Waals surface area contributed by atoms with Crippen molar-refractivity contribution in [2.45, 2.75) is 0 Å². The van der Waals surface area contributed by atoms with Crippen molar-refractivity contribution in [1.29, 1.82) is 0 Å². The molecule has 0 radical (unpaired) electrons. The zero-order chi connectivity index (χ0) is 10.1. The lowest BCUT2D eigenvalue weighted by molar-refractivity contribution is 0.419. The Morgan fingerprint density at radius 1 is 1.36 bits per heavy atom. The highest BCUT2D eigenvalue weighted by Gasteiger charge is 2.07. The van der Waals surface area contributed by atoms with Gasteiger partial charge in [-0.05, 0) is 34.7 Å². The van der Waals surface area contributed by atoms with Crippen LogP contribution >= 0.6 is 38.5 Å². The monoisotopic (exact) mass is 363 g/mol. The highest BCUT2D eigenvalue weighted by Crippen LogP contribution is 2.33. The fourth-order valence-corrected chi connectivity index (χ4v) is 2.51. The van der Waals surface area contributed by atoms with Crippen LogP contribution < -0.4 is 4.74 Å². The minimum Gasteiger partial charge on any atom is -0.496 e. The third-order valence-corrected chi connectivity index (χ3v) is 3.51. The van der Waals surface area contributed by atoms with Crippen LogP contribution in [0.2, 0.25) is 0 Å². The van der Waals surface area contributed by atoms with E-state index in [1.807, 2.05) is 24.5 Å². The van der Waals surface area contributed by atoms with E-state index in [1.165, 1.54) is 0 Å². The van der Waals surface area contributed by atoms with E-state index in [2.05, 4.69) is 43.5 Å². The molecular formula is C10H7BrINO. The molecule has 0 amide bonds. The second-order valence-electron chi connectivity index (χ2n) is 2.79. The van der Waals surface area contributed by atoms with Crippen LogP contribution in [-0.2, 0) is 0 Å². The Morgan fingerprint density at radius 3 is 2.86 bits per heavy atom. The van der Waals surface area contributed by atoms with Gasteiger partial charge in [0.05, 0.1) is 7.11 Å². The molecule has 72 valence electrons. The lowest BCUT2D eigenvalue weighted by atomic mass is 10.1. The van der Waals surface area contributed by atoms with Gasteiger partial charge in [0.1, 0.15) is 5.75 Å². The summed E-state index contributed by atoms with van der Waals surface area (Å²) in [4.78, 5) is 4.16. The van der Waals surface area contributed by atoms with Crippen molar-refractivity contribution < 1.29 is 4.74 Å². The van der Waals surface area contributed by atoms with Crippen molar-refractivity contribution in [3.63, 3.8) is 0 Å². The molecule has 0 aliphatic rings. The molecule has 0 atom stereocenters. The molecule has 2 rings (SSSR count). The van der Waals surface area contributed by atoms with E-state index in [1.54, 1.807) is 7.11 Å². The van der Waals surface area contributed by atoms with Gasteiger partial charge in [0, 0.05) is 31.2 Å². The van der Waals surface area contributed by atoms with E-state index < -0.39 is 0 Å². The molecule has 1 aromatic carbocycles. The number of aromatic nitrogens is 1. The van der Waals surface area contributed by atoms with Crippen molar-refractivity contribution in [3.8, 4) is 5.75 Å². The molecule has 1 aromatic heterocycles. The van der Waals surface area contributed by atoms with E-state index in [9.17, 15) is 0 Å². The average molecular weight is 364 g/mol. The van der Waals surface area contributed by atoms with Crippen LogP contribution in [0.15, 0.2) is 29.0 Å². The summed E-state index contributed by atoms with van der Waals surface area (Å²) in [5.74, 6) is 0.884. The molecule has 2 aromatic rings. The van der Waals surface area contributed by atoms with Gasteiger partial charge in [0.2, 0.25) is 0 Å². The first-order chi connectivity index (χ1) is 6.74. The number of benzene rings is 1. The van der Waals surface area contributed by atoms with Crippen LogP contribution in [0.1, 0.15) is 0 Å². The lowest BCUT2D eigenvalue weighted by Gasteiger charge is -2.07. The number of pyridine rings is 1. The standard InChI is InChI=1S/C10H7BrINO/c1-14-9-3-2-7(11)6-4-13-5-8(12)10(6)9/h2-5H,1H3. The Bertz CT molecular complexity index is 487. The van der Waals surface area contributed by atoms with Crippen molar-refractivity contribution in [1.82, 2.24) is 4.98 Å².